The van der Waals surface area contributed by atoms with Crippen LogP contribution >= 0.6 is 0 Å². The fourth-order valence-electron chi connectivity index (χ4n) is 6.68. The van der Waals surface area contributed by atoms with Crippen molar-refractivity contribution in [2.24, 2.45) is 0 Å². The molecular formula is C46H84O4. The van der Waals surface area contributed by atoms with Gasteiger partial charge in [-0.15, -0.1) is 0 Å². The Kier molecular flexibility index (Phi) is 40.0. The van der Waals surface area contributed by atoms with Gasteiger partial charge in [-0.2, -0.15) is 0 Å². The van der Waals surface area contributed by atoms with Gasteiger partial charge in [-0.1, -0.05) is 198 Å². The number of allylic oxidation sites excluding steroid dienone is 6. The molecule has 0 saturated heterocycles. The van der Waals surface area contributed by atoms with Crippen molar-refractivity contribution in [2.75, 3.05) is 0 Å². The third kappa shape index (κ3) is 40.6. The molecule has 1 atom stereocenters. The number of hydrogen-bond donors (Lipinski definition) is 1. The number of rotatable bonds is 40. The van der Waals surface area contributed by atoms with Crippen LogP contribution in [0, 0.1) is 0 Å². The van der Waals surface area contributed by atoms with E-state index >= 15 is 0 Å². The van der Waals surface area contributed by atoms with Gasteiger partial charge in [0.15, 0.2) is 0 Å². The minimum Gasteiger partial charge on any atom is -0.481 e. The molecule has 0 bridgehead atoms. The predicted molar refractivity (Wildman–Crippen MR) is 218 cm³/mol. The molecule has 0 amide bonds. The van der Waals surface area contributed by atoms with Crippen LogP contribution in [0.15, 0.2) is 36.5 Å². The Morgan fingerprint density at radius 1 is 0.460 bits per heavy atom. The van der Waals surface area contributed by atoms with Gasteiger partial charge >= 0.3 is 11.9 Å². The molecule has 0 rings (SSSR count). The molecule has 4 heteroatoms. The third-order valence-corrected chi connectivity index (χ3v) is 9.88. The van der Waals surface area contributed by atoms with Crippen LogP contribution in [0.4, 0.5) is 0 Å². The lowest BCUT2D eigenvalue weighted by molar-refractivity contribution is -0.150. The molecule has 0 heterocycles. The molecule has 0 aromatic rings. The van der Waals surface area contributed by atoms with Crippen molar-refractivity contribution in [3.63, 3.8) is 0 Å². The first-order valence-electron chi connectivity index (χ1n) is 22.0. The number of carbonyl (C=O) groups is 2. The van der Waals surface area contributed by atoms with Crippen molar-refractivity contribution < 1.29 is 19.4 Å². The minimum atomic E-state index is -0.768. The van der Waals surface area contributed by atoms with Crippen LogP contribution in [-0.4, -0.2) is 23.1 Å². The molecule has 0 aliphatic rings. The van der Waals surface area contributed by atoms with E-state index in [-0.39, 0.29) is 18.5 Å². The zero-order chi connectivity index (χ0) is 36.4. The molecule has 0 aromatic heterocycles. The summed E-state index contributed by atoms with van der Waals surface area (Å²) in [5.74, 6) is -0.859. The highest BCUT2D eigenvalue weighted by molar-refractivity contribution is 5.69. The Balaban J connectivity index is 3.76. The number of carboxylic acids is 1. The molecule has 4 nitrogen and oxygen atoms in total. The van der Waals surface area contributed by atoms with Crippen LogP contribution in [-0.2, 0) is 14.3 Å². The summed E-state index contributed by atoms with van der Waals surface area (Å²) in [6.45, 7) is 4.45. The van der Waals surface area contributed by atoms with Crippen molar-refractivity contribution in [3.8, 4) is 0 Å². The van der Waals surface area contributed by atoms with Crippen molar-refractivity contribution in [1.29, 1.82) is 0 Å². The molecule has 0 fully saturated rings. The van der Waals surface area contributed by atoms with Crippen molar-refractivity contribution in [2.45, 2.75) is 245 Å². The largest absolute Gasteiger partial charge is 0.481 e. The second-order valence-electron chi connectivity index (χ2n) is 14.9. The molecule has 0 spiro atoms. The lowest BCUT2D eigenvalue weighted by Crippen LogP contribution is -2.18. The summed E-state index contributed by atoms with van der Waals surface area (Å²) in [7, 11) is 0. The first kappa shape index (κ1) is 48.2. The summed E-state index contributed by atoms with van der Waals surface area (Å²) < 4.78 is 5.86. The summed E-state index contributed by atoms with van der Waals surface area (Å²) >= 11 is 0. The van der Waals surface area contributed by atoms with E-state index in [0.717, 1.165) is 44.9 Å². The maximum atomic E-state index is 12.6. The number of ether oxygens (including phenoxy) is 1. The van der Waals surface area contributed by atoms with Gasteiger partial charge in [-0.25, -0.2) is 0 Å². The number of carboxylic acid groups (broad SMARTS) is 1. The van der Waals surface area contributed by atoms with Crippen LogP contribution in [0.3, 0.4) is 0 Å². The first-order valence-corrected chi connectivity index (χ1v) is 22.0. The van der Waals surface area contributed by atoms with Crippen molar-refractivity contribution in [3.05, 3.63) is 36.5 Å². The number of hydrogen-bond acceptors (Lipinski definition) is 3. The highest BCUT2D eigenvalue weighted by Gasteiger charge is 2.15. The maximum Gasteiger partial charge on any atom is 0.306 e. The summed E-state index contributed by atoms with van der Waals surface area (Å²) in [6, 6.07) is 0. The van der Waals surface area contributed by atoms with Gasteiger partial charge in [0.1, 0.15) is 6.10 Å². The van der Waals surface area contributed by atoms with Crippen LogP contribution in [0.2, 0.25) is 0 Å². The number of esters is 1. The van der Waals surface area contributed by atoms with Crippen LogP contribution in [0.25, 0.3) is 0 Å². The van der Waals surface area contributed by atoms with Gasteiger partial charge in [-0.05, 0) is 64.2 Å². The third-order valence-electron chi connectivity index (χ3n) is 9.88. The molecule has 292 valence electrons. The summed E-state index contributed by atoms with van der Waals surface area (Å²) in [5.41, 5.74) is 0. The second-order valence-corrected chi connectivity index (χ2v) is 14.9. The Labute approximate surface area is 311 Å². The summed E-state index contributed by atoms with van der Waals surface area (Å²) in [4.78, 5) is 23.6. The Morgan fingerprint density at radius 3 is 1.34 bits per heavy atom. The molecule has 0 saturated carbocycles. The Bertz CT molecular complexity index is 798. The molecule has 0 aliphatic carbocycles. The minimum absolute atomic E-state index is 0.0912. The lowest BCUT2D eigenvalue weighted by Gasteiger charge is -2.18. The van der Waals surface area contributed by atoms with Gasteiger partial charge in [-0.3, -0.25) is 9.59 Å². The molecule has 50 heavy (non-hydrogen) atoms. The summed E-state index contributed by atoms with van der Waals surface area (Å²) in [5, 5.41) is 9.05. The van der Waals surface area contributed by atoms with Crippen LogP contribution < -0.4 is 0 Å². The standard InChI is InChI=1S/C46H84O4/c1-3-5-7-9-11-13-15-17-19-21-22-24-26-28-30-32-34-36-38-43-46(49)50-44(41-39-42-45(47)48)40-37-35-33-31-29-27-25-23-20-18-16-14-12-10-8-6-4-2/h5,7,11,13,17,19,44H,3-4,6,8-10,12,14-16,18,20-43H2,1-2H3,(H,47,48)/b7-5-,13-11-,19-17-. The molecular weight excluding hydrogens is 617 g/mol. The van der Waals surface area contributed by atoms with Gasteiger partial charge in [0.25, 0.3) is 0 Å². The topological polar surface area (TPSA) is 63.6 Å². The van der Waals surface area contributed by atoms with Crippen LogP contribution in [0.1, 0.15) is 239 Å². The van der Waals surface area contributed by atoms with Gasteiger partial charge < -0.3 is 9.84 Å². The first-order chi connectivity index (χ1) is 24.6. The number of unbranched alkanes of at least 4 members (excludes halogenated alkanes) is 25. The Hall–Kier alpha value is -1.84. The van der Waals surface area contributed by atoms with Gasteiger partial charge in [0.2, 0.25) is 0 Å². The van der Waals surface area contributed by atoms with E-state index < -0.39 is 5.97 Å². The molecule has 1 N–H and O–H groups in total. The maximum absolute atomic E-state index is 12.6. The Morgan fingerprint density at radius 2 is 0.860 bits per heavy atom. The molecule has 1 unspecified atom stereocenters. The van der Waals surface area contributed by atoms with E-state index in [1.165, 1.54) is 154 Å². The molecule has 0 aliphatic heterocycles. The smallest absolute Gasteiger partial charge is 0.306 e. The van der Waals surface area contributed by atoms with Gasteiger partial charge in [0, 0.05) is 12.8 Å². The van der Waals surface area contributed by atoms with E-state index in [9.17, 15) is 9.59 Å². The number of aliphatic carboxylic acids is 1. The molecule has 0 radical (unpaired) electrons. The zero-order valence-corrected chi connectivity index (χ0v) is 33.5. The van der Waals surface area contributed by atoms with Gasteiger partial charge in [0.05, 0.1) is 0 Å². The average molecular weight is 701 g/mol. The predicted octanol–water partition coefficient (Wildman–Crippen LogP) is 15.3. The monoisotopic (exact) mass is 701 g/mol. The van der Waals surface area contributed by atoms with E-state index in [0.29, 0.717) is 19.3 Å². The molecule has 0 aromatic carbocycles. The SMILES string of the molecule is CC/C=C\C/C=C\C/C=C\CCCCCCCCCCCC(=O)OC(CCCCCCCCCCCCCCCCCCC)CCCC(=O)O. The highest BCUT2D eigenvalue weighted by atomic mass is 16.5. The zero-order valence-electron chi connectivity index (χ0n) is 33.5. The van der Waals surface area contributed by atoms with Crippen LogP contribution in [0.5, 0.6) is 0 Å². The second kappa shape index (κ2) is 41.6. The highest BCUT2D eigenvalue weighted by Crippen LogP contribution is 2.18. The number of carbonyl (C=O) groups excluding carboxylic acids is 1. The van der Waals surface area contributed by atoms with E-state index in [1.54, 1.807) is 0 Å². The van der Waals surface area contributed by atoms with Crippen molar-refractivity contribution in [1.82, 2.24) is 0 Å². The van der Waals surface area contributed by atoms with E-state index in [2.05, 4.69) is 50.3 Å². The summed E-state index contributed by atoms with van der Waals surface area (Å²) in [6.07, 6.45) is 54.6. The van der Waals surface area contributed by atoms with E-state index in [1.807, 2.05) is 0 Å². The van der Waals surface area contributed by atoms with E-state index in [4.69, 9.17) is 9.84 Å². The average Bonchev–Trinajstić information content (AvgIpc) is 3.10. The fourth-order valence-corrected chi connectivity index (χ4v) is 6.68. The lowest BCUT2D eigenvalue weighted by atomic mass is 10.0. The normalized spacial score (nSPS) is 12.5. The van der Waals surface area contributed by atoms with Crippen molar-refractivity contribution >= 4 is 11.9 Å². The fraction of sp³-hybridized carbons (Fsp3) is 0.826. The quantitative estimate of drug-likeness (QED) is 0.0393.